The van der Waals surface area contributed by atoms with Gasteiger partial charge < -0.3 is 26.0 Å². The van der Waals surface area contributed by atoms with Crippen molar-refractivity contribution < 1.29 is 24.9 Å². The molecule has 2 unspecified atom stereocenters. The molecule has 1 aromatic carbocycles. The van der Waals surface area contributed by atoms with Crippen LogP contribution in [0.15, 0.2) is 24.3 Å². The molecular weight excluding hydrogens is 276 g/mol. The van der Waals surface area contributed by atoms with Gasteiger partial charge in [0.25, 0.3) is 0 Å². The van der Waals surface area contributed by atoms with E-state index in [1.54, 1.807) is 12.1 Å². The van der Waals surface area contributed by atoms with Crippen LogP contribution in [0.1, 0.15) is 12.0 Å². The molecular formula is C14H18N2O5. The van der Waals surface area contributed by atoms with E-state index in [0.717, 1.165) is 10.5 Å². The molecule has 7 heteroatoms. The Bertz CT molecular complexity index is 531. The maximum atomic E-state index is 12.3. The van der Waals surface area contributed by atoms with E-state index in [1.807, 2.05) is 0 Å². The summed E-state index contributed by atoms with van der Waals surface area (Å²) < 4.78 is 0. The number of phenols is 1. The normalized spacial score (nSPS) is 23.0. The van der Waals surface area contributed by atoms with Crippen LogP contribution in [0.2, 0.25) is 0 Å². The number of aliphatic hydroxyl groups is 1. The van der Waals surface area contributed by atoms with Crippen molar-refractivity contribution in [2.75, 3.05) is 6.54 Å². The second-order valence-electron chi connectivity index (χ2n) is 5.21. The average Bonchev–Trinajstić information content (AvgIpc) is 2.82. The van der Waals surface area contributed by atoms with Crippen LogP contribution in [-0.4, -0.2) is 56.8 Å². The second kappa shape index (κ2) is 6.11. The first-order valence-corrected chi connectivity index (χ1v) is 6.63. The summed E-state index contributed by atoms with van der Waals surface area (Å²) in [5.41, 5.74) is 6.61. The van der Waals surface area contributed by atoms with Gasteiger partial charge in [-0.3, -0.25) is 4.79 Å². The molecule has 0 aliphatic carbocycles. The minimum absolute atomic E-state index is 0.0148. The lowest BCUT2D eigenvalue weighted by Gasteiger charge is -2.24. The molecule has 0 saturated carbocycles. The van der Waals surface area contributed by atoms with E-state index in [0.29, 0.717) is 0 Å². The van der Waals surface area contributed by atoms with Crippen LogP contribution in [-0.2, 0) is 16.0 Å². The number of carboxylic acids is 1. The van der Waals surface area contributed by atoms with E-state index in [-0.39, 0.29) is 25.1 Å². The molecule has 0 radical (unpaired) electrons. The quantitative estimate of drug-likeness (QED) is 0.582. The maximum Gasteiger partial charge on any atom is 0.326 e. The molecule has 1 fully saturated rings. The van der Waals surface area contributed by atoms with Gasteiger partial charge in [0.05, 0.1) is 12.1 Å². The molecule has 1 aromatic rings. The zero-order chi connectivity index (χ0) is 15.6. The number of rotatable bonds is 4. The number of carbonyl (C=O) groups excluding carboxylic acids is 1. The highest BCUT2D eigenvalue weighted by Crippen LogP contribution is 2.20. The van der Waals surface area contributed by atoms with E-state index in [9.17, 15) is 19.8 Å². The molecule has 0 bridgehead atoms. The number of likely N-dealkylation sites (tertiary alicyclic amines) is 1. The Morgan fingerprint density at radius 1 is 1.33 bits per heavy atom. The topological polar surface area (TPSA) is 124 Å². The maximum absolute atomic E-state index is 12.3. The van der Waals surface area contributed by atoms with Crippen LogP contribution in [0.3, 0.4) is 0 Å². The number of aromatic hydroxyl groups is 1. The highest BCUT2D eigenvalue weighted by Gasteiger charge is 2.40. The lowest BCUT2D eigenvalue weighted by Crippen LogP contribution is -2.49. The zero-order valence-corrected chi connectivity index (χ0v) is 11.3. The number of aliphatic carboxylic acids is 1. The van der Waals surface area contributed by atoms with Crippen molar-refractivity contribution in [3.8, 4) is 5.75 Å². The van der Waals surface area contributed by atoms with Crippen molar-refractivity contribution in [1.82, 2.24) is 4.90 Å². The van der Waals surface area contributed by atoms with Crippen LogP contribution in [0.4, 0.5) is 0 Å². The summed E-state index contributed by atoms with van der Waals surface area (Å²) in [4.78, 5) is 24.5. The van der Waals surface area contributed by atoms with Crippen molar-refractivity contribution in [2.45, 2.75) is 31.0 Å². The number of phenolic OH excluding ortho intramolecular Hbond substituents is 1. The van der Waals surface area contributed by atoms with Gasteiger partial charge in [-0.1, -0.05) is 12.1 Å². The molecule has 0 spiro atoms. The van der Waals surface area contributed by atoms with E-state index in [2.05, 4.69) is 0 Å². The lowest BCUT2D eigenvalue weighted by atomic mass is 10.0. The molecule has 114 valence electrons. The minimum Gasteiger partial charge on any atom is -0.508 e. The number of nitrogens with zero attached hydrogens (tertiary/aromatic N) is 1. The molecule has 5 N–H and O–H groups in total. The predicted octanol–water partition coefficient (Wildman–Crippen LogP) is -0.692. The number of carboxylic acid groups (broad SMARTS) is 1. The van der Waals surface area contributed by atoms with Gasteiger partial charge in [-0.05, 0) is 24.1 Å². The number of hydrogen-bond donors (Lipinski definition) is 4. The first-order valence-electron chi connectivity index (χ1n) is 6.63. The van der Waals surface area contributed by atoms with Gasteiger partial charge in [0.15, 0.2) is 0 Å². The summed E-state index contributed by atoms with van der Waals surface area (Å²) in [6.07, 6.45) is -0.582. The number of hydrogen-bond acceptors (Lipinski definition) is 5. The third kappa shape index (κ3) is 3.50. The Morgan fingerprint density at radius 3 is 2.52 bits per heavy atom. The zero-order valence-electron chi connectivity index (χ0n) is 11.3. The third-order valence-corrected chi connectivity index (χ3v) is 3.56. The summed E-state index contributed by atoms with van der Waals surface area (Å²) in [5.74, 6) is -1.52. The summed E-state index contributed by atoms with van der Waals surface area (Å²) in [6.45, 7) is -0.0148. The van der Waals surface area contributed by atoms with Gasteiger partial charge in [-0.2, -0.15) is 0 Å². The number of β-amino-alcohol motifs (C(OH)–C–C–N with tert-alkyl or cyclic N) is 1. The Morgan fingerprint density at radius 2 is 1.95 bits per heavy atom. The Kier molecular flexibility index (Phi) is 4.44. The predicted molar refractivity (Wildman–Crippen MR) is 73.5 cm³/mol. The highest BCUT2D eigenvalue weighted by atomic mass is 16.4. The van der Waals surface area contributed by atoms with Crippen LogP contribution in [0.25, 0.3) is 0 Å². The molecule has 2 rings (SSSR count). The van der Waals surface area contributed by atoms with Crippen LogP contribution >= 0.6 is 0 Å². The van der Waals surface area contributed by atoms with Gasteiger partial charge in [0.1, 0.15) is 11.8 Å². The molecule has 1 saturated heterocycles. The molecule has 3 atom stereocenters. The van der Waals surface area contributed by atoms with E-state index >= 15 is 0 Å². The third-order valence-electron chi connectivity index (χ3n) is 3.56. The largest absolute Gasteiger partial charge is 0.508 e. The van der Waals surface area contributed by atoms with Gasteiger partial charge in [-0.15, -0.1) is 0 Å². The van der Waals surface area contributed by atoms with Crippen molar-refractivity contribution in [2.24, 2.45) is 5.73 Å². The fourth-order valence-electron chi connectivity index (χ4n) is 2.48. The van der Waals surface area contributed by atoms with Crippen LogP contribution in [0.5, 0.6) is 5.75 Å². The smallest absolute Gasteiger partial charge is 0.326 e. The summed E-state index contributed by atoms with van der Waals surface area (Å²) >= 11 is 0. The summed E-state index contributed by atoms with van der Waals surface area (Å²) in [7, 11) is 0. The first kappa shape index (κ1) is 15.3. The van der Waals surface area contributed by atoms with Crippen molar-refractivity contribution in [1.29, 1.82) is 0 Å². The average molecular weight is 294 g/mol. The Labute approximate surface area is 121 Å². The molecule has 1 aliphatic rings. The Hall–Kier alpha value is -2.12. The number of aliphatic hydroxyl groups excluding tert-OH is 1. The van der Waals surface area contributed by atoms with Crippen molar-refractivity contribution in [3.05, 3.63) is 29.8 Å². The molecule has 21 heavy (non-hydrogen) atoms. The molecule has 7 nitrogen and oxygen atoms in total. The monoisotopic (exact) mass is 294 g/mol. The number of carbonyl (C=O) groups is 2. The molecule has 0 aromatic heterocycles. The van der Waals surface area contributed by atoms with Crippen LogP contribution < -0.4 is 5.73 Å². The van der Waals surface area contributed by atoms with Gasteiger partial charge in [-0.25, -0.2) is 4.79 Å². The minimum atomic E-state index is -1.14. The highest BCUT2D eigenvalue weighted by molar-refractivity contribution is 5.87. The molecule has 1 aliphatic heterocycles. The standard InChI is InChI=1S/C14H18N2O5/c15-11(5-8-1-3-9(17)4-2-8)13(19)16-7-10(18)6-12(16)14(20)21/h1-4,10-12,17-18H,5-7,15H2,(H,20,21)/t10?,11-,12?/m1/s1. The van der Waals surface area contributed by atoms with Gasteiger partial charge in [0, 0.05) is 13.0 Å². The molecule has 1 amide bonds. The van der Waals surface area contributed by atoms with E-state index in [4.69, 9.17) is 10.8 Å². The van der Waals surface area contributed by atoms with Crippen molar-refractivity contribution in [3.63, 3.8) is 0 Å². The Balaban J connectivity index is 2.04. The second-order valence-corrected chi connectivity index (χ2v) is 5.21. The summed E-state index contributed by atoms with van der Waals surface area (Å²) in [6, 6.07) is 4.37. The van der Waals surface area contributed by atoms with E-state index in [1.165, 1.54) is 12.1 Å². The fraction of sp³-hybridized carbons (Fsp3) is 0.429. The SMILES string of the molecule is N[C@H](Cc1ccc(O)cc1)C(=O)N1CC(O)CC1C(=O)O. The fourth-order valence-corrected chi connectivity index (χ4v) is 2.48. The first-order chi connectivity index (χ1) is 9.88. The molecule has 1 heterocycles. The number of amides is 1. The van der Waals surface area contributed by atoms with Gasteiger partial charge >= 0.3 is 5.97 Å². The van der Waals surface area contributed by atoms with Gasteiger partial charge in [0.2, 0.25) is 5.91 Å². The number of nitrogens with two attached hydrogens (primary N) is 1. The lowest BCUT2D eigenvalue weighted by molar-refractivity contribution is -0.148. The summed E-state index contributed by atoms with van der Waals surface area (Å²) in [5, 5.41) is 27.8. The van der Waals surface area contributed by atoms with E-state index < -0.39 is 30.1 Å². The number of benzene rings is 1. The van der Waals surface area contributed by atoms with Crippen molar-refractivity contribution >= 4 is 11.9 Å². The van der Waals surface area contributed by atoms with Crippen LogP contribution in [0, 0.1) is 0 Å².